The van der Waals surface area contributed by atoms with Crippen LogP contribution in [0.1, 0.15) is 48.1 Å². The Hall–Kier alpha value is -2.08. The van der Waals surface area contributed by atoms with Crippen LogP contribution in [0.4, 0.5) is 5.13 Å². The number of rotatable bonds is 5. The molecule has 1 aliphatic carbocycles. The summed E-state index contributed by atoms with van der Waals surface area (Å²) < 4.78 is 0. The highest BCUT2D eigenvalue weighted by Gasteiger charge is 2.25. The first kappa shape index (κ1) is 17.3. The van der Waals surface area contributed by atoms with E-state index in [1.165, 1.54) is 54.6 Å². The van der Waals surface area contributed by atoms with Gasteiger partial charge in [-0.1, -0.05) is 54.9 Å². The van der Waals surface area contributed by atoms with Crippen LogP contribution in [-0.4, -0.2) is 27.4 Å². The van der Waals surface area contributed by atoms with Gasteiger partial charge in [-0.3, -0.25) is 4.79 Å². The van der Waals surface area contributed by atoms with Crippen LogP contribution in [0.25, 0.3) is 0 Å². The summed E-state index contributed by atoms with van der Waals surface area (Å²) in [5.74, 6) is 0.730. The lowest BCUT2D eigenvalue weighted by Gasteiger charge is -2.21. The maximum absolute atomic E-state index is 12.6. The summed E-state index contributed by atoms with van der Waals surface area (Å²) in [6.07, 6.45) is 6.72. The van der Waals surface area contributed by atoms with Crippen molar-refractivity contribution in [3.05, 3.63) is 40.3 Å². The smallest absolute Gasteiger partial charge is 0.228 e. The average molecular weight is 372 g/mol. The molecule has 2 aliphatic rings. The molecule has 1 aromatic carbocycles. The zero-order chi connectivity index (χ0) is 17.9. The summed E-state index contributed by atoms with van der Waals surface area (Å²) in [7, 11) is 0. The van der Waals surface area contributed by atoms with Crippen molar-refractivity contribution < 1.29 is 9.90 Å². The van der Waals surface area contributed by atoms with Gasteiger partial charge in [0, 0.05) is 19.6 Å². The molecule has 0 bridgehead atoms. The van der Waals surface area contributed by atoms with Crippen molar-refractivity contribution in [2.24, 2.45) is 5.92 Å². The Labute approximate surface area is 158 Å². The van der Waals surface area contributed by atoms with Crippen LogP contribution in [0.5, 0.6) is 5.88 Å². The van der Waals surface area contributed by atoms with Crippen molar-refractivity contribution in [3.63, 3.8) is 0 Å². The molecule has 6 heteroatoms. The number of hydrogen-bond donors (Lipinski definition) is 2. The highest BCUT2D eigenvalue weighted by atomic mass is 32.1. The number of benzene rings is 1. The molecule has 2 N–H and O–H groups in total. The van der Waals surface area contributed by atoms with Gasteiger partial charge >= 0.3 is 0 Å². The van der Waals surface area contributed by atoms with E-state index in [9.17, 15) is 9.90 Å². The van der Waals surface area contributed by atoms with Crippen molar-refractivity contribution in [2.75, 3.05) is 11.9 Å². The molecule has 26 heavy (non-hydrogen) atoms. The van der Waals surface area contributed by atoms with Crippen molar-refractivity contribution in [1.82, 2.24) is 9.88 Å². The number of carbonyl (C=O) groups is 1. The average Bonchev–Trinajstić information content (AvgIpc) is 3.24. The van der Waals surface area contributed by atoms with E-state index in [0.29, 0.717) is 23.9 Å². The number of aromatic hydroxyl groups is 1. The molecular weight excluding hydrogens is 346 g/mol. The number of thiazole rings is 1. The highest BCUT2D eigenvalue weighted by molar-refractivity contribution is 7.16. The first-order valence-electron chi connectivity index (χ1n) is 9.46. The van der Waals surface area contributed by atoms with Crippen molar-refractivity contribution in [1.29, 1.82) is 0 Å². The molecule has 1 amide bonds. The van der Waals surface area contributed by atoms with Crippen LogP contribution >= 0.6 is 11.3 Å². The normalized spacial score (nSPS) is 17.3. The standard InChI is InChI=1S/C20H25N3O2S/c24-18(23-12-15-8-4-5-9-16(15)13-23)10-17-19(25)22-20(26-17)21-11-14-6-2-1-3-7-14/h4-5,8-9,14,25H,1-3,6-7,10-13H2,(H,21,22). The van der Waals surface area contributed by atoms with Crippen LogP contribution in [0.15, 0.2) is 24.3 Å². The van der Waals surface area contributed by atoms with Gasteiger partial charge in [-0.25, -0.2) is 0 Å². The topological polar surface area (TPSA) is 65.5 Å². The van der Waals surface area contributed by atoms with E-state index in [1.54, 1.807) is 0 Å². The minimum atomic E-state index is -0.00814. The lowest BCUT2D eigenvalue weighted by molar-refractivity contribution is -0.131. The van der Waals surface area contributed by atoms with Gasteiger partial charge in [0.15, 0.2) is 5.13 Å². The quantitative estimate of drug-likeness (QED) is 0.836. The Morgan fingerprint density at radius 3 is 2.58 bits per heavy atom. The summed E-state index contributed by atoms with van der Waals surface area (Å²) in [6.45, 7) is 2.21. The number of amides is 1. The molecule has 0 radical (unpaired) electrons. The molecule has 2 heterocycles. The molecule has 0 atom stereocenters. The lowest BCUT2D eigenvalue weighted by atomic mass is 9.89. The second kappa shape index (κ2) is 7.66. The third-order valence-corrected chi connectivity index (χ3v) is 6.45. The minimum absolute atomic E-state index is 0.00814. The number of aromatic nitrogens is 1. The molecule has 1 aliphatic heterocycles. The van der Waals surface area contributed by atoms with E-state index >= 15 is 0 Å². The summed E-state index contributed by atoms with van der Waals surface area (Å²) in [4.78, 5) is 19.3. The molecule has 0 saturated heterocycles. The Balaban J connectivity index is 1.33. The summed E-state index contributed by atoms with van der Waals surface area (Å²) in [5, 5.41) is 14.2. The second-order valence-corrected chi connectivity index (χ2v) is 8.43. The summed E-state index contributed by atoms with van der Waals surface area (Å²) in [5.41, 5.74) is 2.42. The number of nitrogens with zero attached hydrogens (tertiary/aromatic N) is 2. The molecule has 2 aromatic rings. The third-order valence-electron chi connectivity index (χ3n) is 5.45. The fourth-order valence-corrected chi connectivity index (χ4v) is 4.77. The summed E-state index contributed by atoms with van der Waals surface area (Å²) in [6, 6.07) is 8.15. The highest BCUT2D eigenvalue weighted by Crippen LogP contribution is 2.31. The van der Waals surface area contributed by atoms with Crippen molar-refractivity contribution >= 4 is 22.4 Å². The zero-order valence-corrected chi connectivity index (χ0v) is 15.7. The summed E-state index contributed by atoms with van der Waals surface area (Å²) >= 11 is 1.40. The Bertz CT molecular complexity index is 758. The van der Waals surface area contributed by atoms with Gasteiger partial charge in [0.25, 0.3) is 0 Å². The molecule has 0 spiro atoms. The number of fused-ring (bicyclic) bond motifs is 1. The van der Waals surface area contributed by atoms with E-state index in [0.717, 1.165) is 11.7 Å². The van der Waals surface area contributed by atoms with Gasteiger partial charge in [0.2, 0.25) is 11.8 Å². The van der Waals surface area contributed by atoms with E-state index < -0.39 is 0 Å². The van der Waals surface area contributed by atoms with Crippen LogP contribution in [0, 0.1) is 5.92 Å². The van der Waals surface area contributed by atoms with Gasteiger partial charge in [-0.15, -0.1) is 0 Å². The van der Waals surface area contributed by atoms with Crippen molar-refractivity contribution in [3.8, 4) is 5.88 Å². The van der Waals surface area contributed by atoms with Crippen LogP contribution in [0.2, 0.25) is 0 Å². The van der Waals surface area contributed by atoms with Gasteiger partial charge in [0.1, 0.15) is 0 Å². The fraction of sp³-hybridized carbons (Fsp3) is 0.500. The van der Waals surface area contributed by atoms with Gasteiger partial charge in [0.05, 0.1) is 11.3 Å². The maximum Gasteiger partial charge on any atom is 0.228 e. The van der Waals surface area contributed by atoms with Gasteiger partial charge < -0.3 is 15.3 Å². The number of nitrogens with one attached hydrogen (secondary N) is 1. The molecule has 1 fully saturated rings. The molecule has 5 nitrogen and oxygen atoms in total. The molecular formula is C20H25N3O2S. The molecule has 1 saturated carbocycles. The molecule has 4 rings (SSSR count). The Morgan fingerprint density at radius 1 is 1.19 bits per heavy atom. The van der Waals surface area contributed by atoms with E-state index in [4.69, 9.17) is 0 Å². The Morgan fingerprint density at radius 2 is 1.88 bits per heavy atom. The largest absolute Gasteiger partial charge is 0.492 e. The van der Waals surface area contributed by atoms with E-state index in [2.05, 4.69) is 22.4 Å². The first-order valence-corrected chi connectivity index (χ1v) is 10.3. The van der Waals surface area contributed by atoms with Crippen LogP contribution < -0.4 is 5.32 Å². The predicted molar refractivity (Wildman–Crippen MR) is 103 cm³/mol. The van der Waals surface area contributed by atoms with Gasteiger partial charge in [-0.2, -0.15) is 4.98 Å². The zero-order valence-electron chi connectivity index (χ0n) is 14.9. The number of carbonyl (C=O) groups excluding carboxylic acids is 1. The first-order chi connectivity index (χ1) is 12.7. The van der Waals surface area contributed by atoms with Crippen LogP contribution in [-0.2, 0) is 24.3 Å². The molecule has 138 valence electrons. The van der Waals surface area contributed by atoms with Crippen LogP contribution in [0.3, 0.4) is 0 Å². The van der Waals surface area contributed by atoms with E-state index in [1.807, 2.05) is 17.0 Å². The third kappa shape index (κ3) is 3.85. The van der Waals surface area contributed by atoms with Gasteiger partial charge in [-0.05, 0) is 29.9 Å². The molecule has 1 aromatic heterocycles. The SMILES string of the molecule is O=C(Cc1sc(NCC2CCCCC2)nc1O)N1Cc2ccccc2C1. The monoisotopic (exact) mass is 371 g/mol. The lowest BCUT2D eigenvalue weighted by Crippen LogP contribution is -2.26. The second-order valence-electron chi connectivity index (χ2n) is 7.35. The maximum atomic E-state index is 12.6. The number of hydrogen-bond acceptors (Lipinski definition) is 5. The minimum Gasteiger partial charge on any atom is -0.492 e. The fourth-order valence-electron chi connectivity index (χ4n) is 3.92. The number of anilines is 1. The van der Waals surface area contributed by atoms with Crippen molar-refractivity contribution in [2.45, 2.75) is 51.6 Å². The Kier molecular flexibility index (Phi) is 5.11. The molecule has 0 unspecified atom stereocenters. The predicted octanol–water partition coefficient (Wildman–Crippen LogP) is 3.93. The van der Waals surface area contributed by atoms with E-state index in [-0.39, 0.29) is 18.2 Å².